The Hall–Kier alpha value is -2.24. The van der Waals surface area contributed by atoms with E-state index in [9.17, 15) is 5.26 Å². The van der Waals surface area contributed by atoms with Crippen LogP contribution in [-0.2, 0) is 0 Å². The number of nitriles is 1. The molecule has 0 fully saturated rings. The molecule has 0 spiro atoms. The topological polar surface area (TPSA) is 28.7 Å². The molecule has 0 N–H and O–H groups in total. The number of hydrogen-bond donors (Lipinski definition) is 0. The van der Waals surface area contributed by atoms with E-state index in [1.54, 1.807) is 6.07 Å². The highest BCUT2D eigenvalue weighted by Gasteiger charge is 2.09. The Morgan fingerprint density at radius 1 is 1.00 bits per heavy atom. The van der Waals surface area contributed by atoms with Gasteiger partial charge in [0.05, 0.1) is 21.8 Å². The summed E-state index contributed by atoms with van der Waals surface area (Å²) in [4.78, 5) is 0. The standard InChI is InChI=1S/C15H9ClN2/c16-13-5-3-7-15(12(13)10-17)18-9-8-11-4-1-2-6-14(11)18/h1-9H. The Kier molecular flexibility index (Phi) is 2.55. The lowest BCUT2D eigenvalue weighted by Crippen LogP contribution is -1.96. The second-order valence-electron chi connectivity index (χ2n) is 3.99. The summed E-state index contributed by atoms with van der Waals surface area (Å²) >= 11 is 6.06. The second-order valence-corrected chi connectivity index (χ2v) is 4.40. The monoisotopic (exact) mass is 252 g/mol. The number of aromatic nitrogens is 1. The van der Waals surface area contributed by atoms with Crippen LogP contribution in [0, 0.1) is 11.3 Å². The van der Waals surface area contributed by atoms with Gasteiger partial charge in [0.1, 0.15) is 6.07 Å². The van der Waals surface area contributed by atoms with E-state index in [0.29, 0.717) is 10.6 Å². The van der Waals surface area contributed by atoms with Crippen molar-refractivity contribution in [3.05, 3.63) is 65.3 Å². The van der Waals surface area contributed by atoms with E-state index in [2.05, 4.69) is 6.07 Å². The summed E-state index contributed by atoms with van der Waals surface area (Å²) in [6.07, 6.45) is 1.96. The van der Waals surface area contributed by atoms with E-state index >= 15 is 0 Å². The fourth-order valence-electron chi connectivity index (χ4n) is 2.12. The molecule has 3 heteroatoms. The molecule has 3 rings (SSSR count). The Morgan fingerprint density at radius 3 is 2.67 bits per heavy atom. The van der Waals surface area contributed by atoms with Crippen molar-refractivity contribution in [2.24, 2.45) is 0 Å². The van der Waals surface area contributed by atoms with Crippen molar-refractivity contribution in [3.8, 4) is 11.8 Å². The summed E-state index contributed by atoms with van der Waals surface area (Å²) in [6.45, 7) is 0. The minimum Gasteiger partial charge on any atom is -0.315 e. The molecule has 2 aromatic carbocycles. The van der Waals surface area contributed by atoms with Crippen LogP contribution in [0.2, 0.25) is 5.02 Å². The van der Waals surface area contributed by atoms with Gasteiger partial charge in [-0.2, -0.15) is 5.26 Å². The normalized spacial score (nSPS) is 10.4. The van der Waals surface area contributed by atoms with Crippen molar-refractivity contribution in [3.63, 3.8) is 0 Å². The number of halogens is 1. The first-order valence-corrected chi connectivity index (χ1v) is 5.94. The van der Waals surface area contributed by atoms with Gasteiger partial charge in [-0.1, -0.05) is 35.9 Å². The molecule has 0 saturated carbocycles. The minimum atomic E-state index is 0.479. The molecule has 1 aromatic heterocycles. The van der Waals surface area contributed by atoms with Crippen LogP contribution in [0.1, 0.15) is 5.56 Å². The highest BCUT2D eigenvalue weighted by Crippen LogP contribution is 2.26. The van der Waals surface area contributed by atoms with E-state index in [0.717, 1.165) is 16.6 Å². The summed E-state index contributed by atoms with van der Waals surface area (Å²) in [5.41, 5.74) is 2.38. The molecule has 3 aromatic rings. The van der Waals surface area contributed by atoms with Gasteiger partial charge >= 0.3 is 0 Å². The maximum Gasteiger partial charge on any atom is 0.103 e. The molecule has 0 amide bonds. The van der Waals surface area contributed by atoms with Gasteiger partial charge in [0.25, 0.3) is 0 Å². The van der Waals surface area contributed by atoms with E-state index in [-0.39, 0.29) is 0 Å². The van der Waals surface area contributed by atoms with Crippen molar-refractivity contribution in [2.75, 3.05) is 0 Å². The van der Waals surface area contributed by atoms with Gasteiger partial charge < -0.3 is 4.57 Å². The summed E-state index contributed by atoms with van der Waals surface area (Å²) in [5, 5.41) is 10.8. The van der Waals surface area contributed by atoms with Crippen LogP contribution in [0.3, 0.4) is 0 Å². The van der Waals surface area contributed by atoms with Gasteiger partial charge in [0.2, 0.25) is 0 Å². The lowest BCUT2D eigenvalue weighted by Gasteiger charge is -2.08. The summed E-state index contributed by atoms with van der Waals surface area (Å²) in [7, 11) is 0. The predicted octanol–water partition coefficient (Wildman–Crippen LogP) is 4.16. The first-order valence-electron chi connectivity index (χ1n) is 5.56. The molecule has 0 saturated heterocycles. The van der Waals surface area contributed by atoms with Crippen LogP contribution in [0.5, 0.6) is 0 Å². The van der Waals surface area contributed by atoms with E-state index in [1.807, 2.05) is 53.2 Å². The molecule has 86 valence electrons. The molecule has 18 heavy (non-hydrogen) atoms. The largest absolute Gasteiger partial charge is 0.315 e. The molecular weight excluding hydrogens is 244 g/mol. The average Bonchev–Trinajstić information content (AvgIpc) is 2.82. The van der Waals surface area contributed by atoms with Crippen LogP contribution in [0.4, 0.5) is 0 Å². The minimum absolute atomic E-state index is 0.479. The fourth-order valence-corrected chi connectivity index (χ4v) is 2.33. The summed E-state index contributed by atoms with van der Waals surface area (Å²) in [5.74, 6) is 0. The van der Waals surface area contributed by atoms with E-state index < -0.39 is 0 Å². The third-order valence-electron chi connectivity index (χ3n) is 2.96. The average molecular weight is 253 g/mol. The van der Waals surface area contributed by atoms with Crippen LogP contribution < -0.4 is 0 Å². The Balaban J connectivity index is 2.34. The highest BCUT2D eigenvalue weighted by molar-refractivity contribution is 6.32. The van der Waals surface area contributed by atoms with Crippen molar-refractivity contribution < 1.29 is 0 Å². The highest BCUT2D eigenvalue weighted by atomic mass is 35.5. The molecule has 0 atom stereocenters. The second kappa shape index (κ2) is 4.21. The third kappa shape index (κ3) is 1.57. The predicted molar refractivity (Wildman–Crippen MR) is 73.0 cm³/mol. The molecule has 0 radical (unpaired) electrons. The van der Waals surface area contributed by atoms with E-state index in [1.165, 1.54) is 0 Å². The van der Waals surface area contributed by atoms with Crippen molar-refractivity contribution >= 4 is 22.5 Å². The van der Waals surface area contributed by atoms with Crippen molar-refractivity contribution in [2.45, 2.75) is 0 Å². The Bertz CT molecular complexity index is 766. The SMILES string of the molecule is N#Cc1c(Cl)cccc1-n1ccc2ccccc21. The van der Waals surface area contributed by atoms with Crippen molar-refractivity contribution in [1.82, 2.24) is 4.57 Å². The molecule has 0 aliphatic carbocycles. The van der Waals surface area contributed by atoms with Gasteiger partial charge in [-0.3, -0.25) is 0 Å². The van der Waals surface area contributed by atoms with Crippen LogP contribution in [0.25, 0.3) is 16.6 Å². The molecule has 1 heterocycles. The summed E-state index contributed by atoms with van der Waals surface area (Å²) in [6, 6.07) is 17.7. The van der Waals surface area contributed by atoms with Crippen molar-refractivity contribution in [1.29, 1.82) is 5.26 Å². The first-order chi connectivity index (χ1) is 8.81. The Labute approximate surface area is 110 Å². The zero-order valence-corrected chi connectivity index (χ0v) is 10.2. The van der Waals surface area contributed by atoms with Crippen LogP contribution in [0.15, 0.2) is 54.7 Å². The number of hydrogen-bond acceptors (Lipinski definition) is 1. The number of nitrogens with zero attached hydrogens (tertiary/aromatic N) is 2. The van der Waals surface area contributed by atoms with Crippen LogP contribution >= 0.6 is 11.6 Å². The lowest BCUT2D eigenvalue weighted by atomic mass is 10.2. The van der Waals surface area contributed by atoms with E-state index in [4.69, 9.17) is 11.6 Å². The van der Waals surface area contributed by atoms with Crippen LogP contribution in [-0.4, -0.2) is 4.57 Å². The molecule has 0 aliphatic heterocycles. The lowest BCUT2D eigenvalue weighted by molar-refractivity contribution is 1.12. The number of fused-ring (bicyclic) bond motifs is 1. The molecule has 0 aliphatic rings. The van der Waals surface area contributed by atoms with Gasteiger partial charge in [-0.25, -0.2) is 0 Å². The van der Waals surface area contributed by atoms with Gasteiger partial charge in [0.15, 0.2) is 0 Å². The Morgan fingerprint density at radius 2 is 1.83 bits per heavy atom. The quantitative estimate of drug-likeness (QED) is 0.639. The van der Waals surface area contributed by atoms with Gasteiger partial charge in [-0.05, 0) is 29.7 Å². The van der Waals surface area contributed by atoms with Gasteiger partial charge in [0, 0.05) is 6.20 Å². The zero-order valence-electron chi connectivity index (χ0n) is 9.47. The third-order valence-corrected chi connectivity index (χ3v) is 3.28. The molecular formula is C15H9ClN2. The molecule has 0 bridgehead atoms. The zero-order chi connectivity index (χ0) is 12.5. The number of rotatable bonds is 1. The summed E-state index contributed by atoms with van der Waals surface area (Å²) < 4.78 is 1.99. The number of benzene rings is 2. The fraction of sp³-hybridized carbons (Fsp3) is 0. The maximum atomic E-state index is 9.22. The molecule has 0 unspecified atom stereocenters. The maximum absolute atomic E-state index is 9.22. The smallest absolute Gasteiger partial charge is 0.103 e. The van der Waals surface area contributed by atoms with Gasteiger partial charge in [-0.15, -0.1) is 0 Å². The first kappa shape index (κ1) is 10.9. The number of para-hydroxylation sites is 1. The molecule has 2 nitrogen and oxygen atoms in total.